The van der Waals surface area contributed by atoms with Crippen molar-refractivity contribution in [1.82, 2.24) is 19.5 Å². The first kappa shape index (κ1) is 15.8. The predicted molar refractivity (Wildman–Crippen MR) is 56.8 cm³/mol. The molecule has 2 aromatic heterocycles. The molecule has 0 bridgehead atoms. The summed E-state index contributed by atoms with van der Waals surface area (Å²) in [4.78, 5) is 22.0. The quantitative estimate of drug-likeness (QED) is 0.466. The molecule has 0 aliphatic carbocycles. The van der Waals surface area contributed by atoms with Gasteiger partial charge in [0.2, 0.25) is 0 Å². The fourth-order valence-electron chi connectivity index (χ4n) is 1.49. The molecule has 0 saturated heterocycles. The van der Waals surface area contributed by atoms with Crippen molar-refractivity contribution in [2.24, 2.45) is 0 Å². The molecule has 4 N–H and O–H groups in total. The van der Waals surface area contributed by atoms with Crippen LogP contribution in [0.15, 0.2) is 12.7 Å². The van der Waals surface area contributed by atoms with Gasteiger partial charge in [-0.3, -0.25) is 0 Å². The third-order valence-electron chi connectivity index (χ3n) is 2.42. The predicted octanol–water partition coefficient (Wildman–Crippen LogP) is -6.12. The SMILES string of the molecule is Nc1ncnc2c1ncn2C[C@@H](O)[C@@H](O)C(=O)[O-].[Na+]. The molecule has 2 atom stereocenters. The van der Waals surface area contributed by atoms with E-state index < -0.39 is 18.2 Å². The maximum atomic E-state index is 10.4. The molecular formula is C9H10N5NaO4. The number of nitrogens with two attached hydrogens (primary N) is 1. The van der Waals surface area contributed by atoms with Crippen LogP contribution in [0.1, 0.15) is 0 Å². The van der Waals surface area contributed by atoms with E-state index in [1.165, 1.54) is 17.2 Å². The second-order valence-corrected chi connectivity index (χ2v) is 3.66. The number of imidazole rings is 1. The van der Waals surface area contributed by atoms with E-state index >= 15 is 0 Å². The van der Waals surface area contributed by atoms with Gasteiger partial charge in [0.05, 0.1) is 18.8 Å². The third kappa shape index (κ3) is 3.19. The molecule has 0 spiro atoms. The van der Waals surface area contributed by atoms with E-state index in [1.54, 1.807) is 0 Å². The second kappa shape index (κ2) is 6.26. The van der Waals surface area contributed by atoms with Gasteiger partial charge in [-0.2, -0.15) is 0 Å². The van der Waals surface area contributed by atoms with Crippen LogP contribution in [-0.4, -0.2) is 47.9 Å². The number of aliphatic hydroxyl groups excluding tert-OH is 2. The molecule has 0 amide bonds. The molecule has 2 aromatic rings. The first-order valence-electron chi connectivity index (χ1n) is 4.99. The molecule has 0 radical (unpaired) electrons. The number of hydrogen-bond acceptors (Lipinski definition) is 8. The number of nitrogen functional groups attached to an aromatic ring is 1. The van der Waals surface area contributed by atoms with Crippen LogP contribution in [0.5, 0.6) is 0 Å². The van der Waals surface area contributed by atoms with Crippen LogP contribution >= 0.6 is 0 Å². The van der Waals surface area contributed by atoms with Gasteiger partial charge in [-0.05, 0) is 0 Å². The van der Waals surface area contributed by atoms with Gasteiger partial charge < -0.3 is 30.4 Å². The summed E-state index contributed by atoms with van der Waals surface area (Å²) in [6, 6.07) is 0. The monoisotopic (exact) mass is 275 g/mol. The van der Waals surface area contributed by atoms with E-state index in [1.807, 2.05) is 0 Å². The smallest absolute Gasteiger partial charge is 0.547 e. The zero-order valence-electron chi connectivity index (χ0n) is 10.1. The Morgan fingerprint density at radius 1 is 1.42 bits per heavy atom. The summed E-state index contributed by atoms with van der Waals surface area (Å²) in [6.07, 6.45) is -0.983. The van der Waals surface area contributed by atoms with Crippen LogP contribution in [0, 0.1) is 0 Å². The minimum atomic E-state index is -1.98. The summed E-state index contributed by atoms with van der Waals surface area (Å²) >= 11 is 0. The van der Waals surface area contributed by atoms with Crippen molar-refractivity contribution in [3.05, 3.63) is 12.7 Å². The number of carboxylic acids is 1. The summed E-state index contributed by atoms with van der Waals surface area (Å²) in [6.45, 7) is -0.206. The van der Waals surface area contributed by atoms with Crippen LogP contribution in [0.2, 0.25) is 0 Å². The number of aromatic nitrogens is 4. The molecule has 10 heteroatoms. The molecule has 0 aliphatic rings. The van der Waals surface area contributed by atoms with E-state index in [-0.39, 0.29) is 41.9 Å². The zero-order valence-corrected chi connectivity index (χ0v) is 12.1. The van der Waals surface area contributed by atoms with E-state index in [2.05, 4.69) is 15.0 Å². The van der Waals surface area contributed by atoms with Gasteiger partial charge >= 0.3 is 29.6 Å². The Hall–Kier alpha value is -1.26. The summed E-state index contributed by atoms with van der Waals surface area (Å²) < 4.78 is 1.37. The maximum absolute atomic E-state index is 10.4. The first-order chi connectivity index (χ1) is 8.50. The molecule has 96 valence electrons. The molecule has 2 heterocycles. The number of rotatable bonds is 4. The number of aliphatic hydroxyl groups is 2. The van der Waals surface area contributed by atoms with Gasteiger partial charge in [-0.15, -0.1) is 0 Å². The van der Waals surface area contributed by atoms with Gasteiger partial charge in [-0.25, -0.2) is 15.0 Å². The Kier molecular flexibility index (Phi) is 5.20. The molecule has 2 rings (SSSR count). The Balaban J connectivity index is 0.00000180. The van der Waals surface area contributed by atoms with Crippen LogP contribution in [0.3, 0.4) is 0 Å². The molecular weight excluding hydrogens is 265 g/mol. The van der Waals surface area contributed by atoms with Gasteiger partial charge in [-0.1, -0.05) is 0 Å². The van der Waals surface area contributed by atoms with Gasteiger partial charge in [0.15, 0.2) is 11.5 Å². The molecule has 9 nitrogen and oxygen atoms in total. The Bertz CT molecular complexity index is 589. The summed E-state index contributed by atoms with van der Waals surface area (Å²) in [5.41, 5.74) is 6.25. The number of carboxylic acid groups (broad SMARTS) is 1. The number of anilines is 1. The largest absolute Gasteiger partial charge is 1.00 e. The van der Waals surface area contributed by atoms with E-state index in [0.29, 0.717) is 11.2 Å². The minimum absolute atomic E-state index is 0. The fourth-order valence-corrected chi connectivity index (χ4v) is 1.49. The van der Waals surface area contributed by atoms with E-state index in [4.69, 9.17) is 10.8 Å². The number of hydrogen-bond donors (Lipinski definition) is 3. The number of carbonyl (C=O) groups excluding carboxylic acids is 1. The van der Waals surface area contributed by atoms with E-state index in [0.717, 1.165) is 0 Å². The maximum Gasteiger partial charge on any atom is 1.00 e. The van der Waals surface area contributed by atoms with Crippen molar-refractivity contribution in [2.75, 3.05) is 5.73 Å². The van der Waals surface area contributed by atoms with E-state index in [9.17, 15) is 15.0 Å². The Morgan fingerprint density at radius 3 is 2.74 bits per heavy atom. The van der Waals surface area contributed by atoms with Crippen molar-refractivity contribution in [3.8, 4) is 0 Å². The zero-order chi connectivity index (χ0) is 13.3. The molecule has 0 saturated carbocycles. The second-order valence-electron chi connectivity index (χ2n) is 3.66. The summed E-state index contributed by atoms with van der Waals surface area (Å²) in [5.74, 6) is -1.57. The molecule has 0 aliphatic heterocycles. The standard InChI is InChI=1S/C9H11N5O4.Na/c10-7-5-8(12-2-11-7)14(3-13-5)1-4(15)6(16)9(17)18;/h2-4,6,15-16H,1H2,(H,17,18)(H2,10,11,12);/q;+1/p-1/t4-,6-;/m1./s1. The third-order valence-corrected chi connectivity index (χ3v) is 2.42. The van der Waals surface area contributed by atoms with Crippen LogP contribution < -0.4 is 40.4 Å². The first-order valence-corrected chi connectivity index (χ1v) is 4.99. The minimum Gasteiger partial charge on any atom is -0.547 e. The summed E-state index contributed by atoms with van der Waals surface area (Å²) in [5, 5.41) is 29.0. The van der Waals surface area contributed by atoms with Gasteiger partial charge in [0, 0.05) is 0 Å². The average Bonchev–Trinajstić information content (AvgIpc) is 2.73. The van der Waals surface area contributed by atoms with Crippen molar-refractivity contribution >= 4 is 23.0 Å². The molecule has 0 unspecified atom stereocenters. The number of fused-ring (bicyclic) bond motifs is 1. The van der Waals surface area contributed by atoms with Gasteiger partial charge in [0.25, 0.3) is 0 Å². The van der Waals surface area contributed by atoms with Crippen molar-refractivity contribution in [1.29, 1.82) is 0 Å². The summed E-state index contributed by atoms with van der Waals surface area (Å²) in [7, 11) is 0. The van der Waals surface area contributed by atoms with Gasteiger partial charge in [0.1, 0.15) is 24.1 Å². The number of carbonyl (C=O) groups is 1. The van der Waals surface area contributed by atoms with Crippen LogP contribution in [0.4, 0.5) is 5.82 Å². The Morgan fingerprint density at radius 2 is 2.11 bits per heavy atom. The van der Waals surface area contributed by atoms with Crippen molar-refractivity contribution in [3.63, 3.8) is 0 Å². The average molecular weight is 275 g/mol. The normalized spacial score (nSPS) is 13.8. The van der Waals surface area contributed by atoms with Crippen molar-refractivity contribution < 1.29 is 49.7 Å². The number of nitrogens with zero attached hydrogens (tertiary/aromatic N) is 4. The topological polar surface area (TPSA) is 150 Å². The molecule has 0 fully saturated rings. The Labute approximate surface area is 129 Å². The van der Waals surface area contributed by atoms with Crippen molar-refractivity contribution in [2.45, 2.75) is 18.8 Å². The molecule has 19 heavy (non-hydrogen) atoms. The van der Waals surface area contributed by atoms with Crippen LogP contribution in [-0.2, 0) is 11.3 Å². The fraction of sp³-hybridized carbons (Fsp3) is 0.333. The number of aliphatic carboxylic acids is 1. The molecule has 0 aromatic carbocycles. The van der Waals surface area contributed by atoms with Crippen LogP contribution in [0.25, 0.3) is 11.2 Å².